The fraction of sp³-hybridized carbons (Fsp3) is 0.333. The highest BCUT2D eigenvalue weighted by atomic mass is 32.1. The summed E-state index contributed by atoms with van der Waals surface area (Å²) in [5, 5.41) is 3.80. The maximum Gasteiger partial charge on any atom is 0.263 e. The molecule has 1 atom stereocenters. The van der Waals surface area contributed by atoms with Gasteiger partial charge in [0.15, 0.2) is 0 Å². The number of benzene rings is 1. The minimum absolute atomic E-state index is 0.0740. The first-order valence-electron chi connectivity index (χ1n) is 6.64. The molecule has 0 aliphatic carbocycles. The Morgan fingerprint density at radius 2 is 2.10 bits per heavy atom. The van der Waals surface area contributed by atoms with Crippen LogP contribution in [0.1, 0.15) is 28.0 Å². The lowest BCUT2D eigenvalue weighted by atomic mass is 10.1. The quantitative estimate of drug-likeness (QED) is 0.889. The maximum atomic E-state index is 12.3. The Bertz CT molecular complexity index is 578. The summed E-state index contributed by atoms with van der Waals surface area (Å²) >= 11 is 1.42. The van der Waals surface area contributed by atoms with E-state index < -0.39 is 0 Å². The molecule has 1 unspecified atom stereocenters. The van der Waals surface area contributed by atoms with Gasteiger partial charge in [-0.15, -0.1) is 11.3 Å². The molecule has 3 N–H and O–H groups in total. The monoisotopic (exact) mass is 289 g/mol. The highest BCUT2D eigenvalue weighted by Crippen LogP contribution is 2.27. The summed E-state index contributed by atoms with van der Waals surface area (Å²) in [4.78, 5) is 17.4. The second-order valence-electron chi connectivity index (χ2n) is 4.80. The van der Waals surface area contributed by atoms with Crippen LogP contribution in [-0.2, 0) is 0 Å². The number of rotatable bonds is 5. The van der Waals surface area contributed by atoms with E-state index in [9.17, 15) is 4.79 Å². The van der Waals surface area contributed by atoms with Gasteiger partial charge in [-0.2, -0.15) is 0 Å². The number of carbonyl (C=O) groups is 1. The second-order valence-corrected chi connectivity index (χ2v) is 6.00. The topological polar surface area (TPSA) is 68.0 Å². The molecule has 5 heteroatoms. The Kier molecular flexibility index (Phi) is 4.87. The van der Waals surface area contributed by atoms with Crippen molar-refractivity contribution in [3.8, 4) is 11.3 Å². The molecular weight excluding hydrogens is 270 g/mol. The number of aromatic nitrogens is 1. The van der Waals surface area contributed by atoms with Crippen molar-refractivity contribution in [2.75, 3.05) is 6.54 Å². The average Bonchev–Trinajstić information content (AvgIpc) is 2.81. The number of thiazole rings is 1. The van der Waals surface area contributed by atoms with Crippen LogP contribution in [0.4, 0.5) is 0 Å². The number of amides is 1. The molecule has 0 aliphatic heterocycles. The third-order valence-electron chi connectivity index (χ3n) is 2.87. The van der Waals surface area contributed by atoms with Crippen molar-refractivity contribution >= 4 is 17.2 Å². The van der Waals surface area contributed by atoms with Gasteiger partial charge >= 0.3 is 0 Å². The summed E-state index contributed by atoms with van der Waals surface area (Å²) < 4.78 is 0. The van der Waals surface area contributed by atoms with Crippen LogP contribution < -0.4 is 11.1 Å². The Morgan fingerprint density at radius 3 is 2.75 bits per heavy atom. The Balaban J connectivity index is 2.18. The van der Waals surface area contributed by atoms with E-state index in [1.165, 1.54) is 11.3 Å². The number of carbonyl (C=O) groups excluding carboxylic acids is 1. The number of nitrogens with one attached hydrogen (secondary N) is 1. The Morgan fingerprint density at radius 1 is 1.40 bits per heavy atom. The molecule has 0 bridgehead atoms. The smallest absolute Gasteiger partial charge is 0.263 e. The molecular formula is C15H19N3OS. The minimum Gasteiger partial charge on any atom is -0.351 e. The van der Waals surface area contributed by atoms with E-state index in [0.29, 0.717) is 11.4 Å². The summed E-state index contributed by atoms with van der Waals surface area (Å²) in [6.07, 6.45) is 0.768. The maximum absolute atomic E-state index is 12.3. The van der Waals surface area contributed by atoms with Crippen molar-refractivity contribution in [2.24, 2.45) is 5.73 Å². The highest BCUT2D eigenvalue weighted by molar-refractivity contribution is 7.14. The van der Waals surface area contributed by atoms with E-state index in [1.807, 2.05) is 44.2 Å². The molecule has 1 aromatic carbocycles. The molecule has 4 nitrogen and oxygen atoms in total. The van der Waals surface area contributed by atoms with Crippen LogP contribution in [-0.4, -0.2) is 23.5 Å². The molecule has 1 heterocycles. The van der Waals surface area contributed by atoms with Gasteiger partial charge < -0.3 is 11.1 Å². The van der Waals surface area contributed by atoms with Gasteiger partial charge in [0.1, 0.15) is 4.88 Å². The molecule has 0 spiro atoms. The van der Waals surface area contributed by atoms with Crippen LogP contribution in [0.3, 0.4) is 0 Å². The number of hydrogen-bond acceptors (Lipinski definition) is 4. The average molecular weight is 289 g/mol. The van der Waals surface area contributed by atoms with Gasteiger partial charge in [-0.05, 0) is 20.3 Å². The van der Waals surface area contributed by atoms with Gasteiger partial charge in [-0.25, -0.2) is 4.98 Å². The molecule has 0 saturated carbocycles. The zero-order chi connectivity index (χ0) is 14.5. The molecule has 0 aliphatic rings. The Labute approximate surface area is 123 Å². The van der Waals surface area contributed by atoms with E-state index in [4.69, 9.17) is 5.73 Å². The summed E-state index contributed by atoms with van der Waals surface area (Å²) in [5.74, 6) is -0.0740. The van der Waals surface area contributed by atoms with Crippen molar-refractivity contribution < 1.29 is 4.79 Å². The van der Waals surface area contributed by atoms with Crippen LogP contribution in [0, 0.1) is 6.92 Å². The van der Waals surface area contributed by atoms with Crippen LogP contribution in [0.15, 0.2) is 30.3 Å². The van der Waals surface area contributed by atoms with Gasteiger partial charge in [0.05, 0.1) is 10.7 Å². The first-order chi connectivity index (χ1) is 9.58. The van der Waals surface area contributed by atoms with Crippen LogP contribution in [0.25, 0.3) is 11.3 Å². The Hall–Kier alpha value is -1.72. The van der Waals surface area contributed by atoms with Crippen molar-refractivity contribution in [2.45, 2.75) is 26.3 Å². The van der Waals surface area contributed by atoms with Crippen molar-refractivity contribution in [3.63, 3.8) is 0 Å². The van der Waals surface area contributed by atoms with E-state index >= 15 is 0 Å². The van der Waals surface area contributed by atoms with E-state index in [-0.39, 0.29) is 11.9 Å². The molecule has 1 amide bonds. The molecule has 2 aromatic rings. The third-order valence-corrected chi connectivity index (χ3v) is 3.84. The molecule has 0 saturated heterocycles. The number of nitrogens with zero attached hydrogens (tertiary/aromatic N) is 1. The fourth-order valence-electron chi connectivity index (χ4n) is 1.87. The number of nitrogens with two attached hydrogens (primary N) is 1. The molecule has 20 heavy (non-hydrogen) atoms. The molecule has 0 radical (unpaired) electrons. The second kappa shape index (κ2) is 6.63. The first kappa shape index (κ1) is 14.7. The van der Waals surface area contributed by atoms with Gasteiger partial charge in [0, 0.05) is 18.2 Å². The van der Waals surface area contributed by atoms with Crippen LogP contribution >= 0.6 is 11.3 Å². The largest absolute Gasteiger partial charge is 0.351 e. The summed E-state index contributed by atoms with van der Waals surface area (Å²) in [6.45, 7) is 4.43. The lowest BCUT2D eigenvalue weighted by Crippen LogP contribution is -2.28. The summed E-state index contributed by atoms with van der Waals surface area (Å²) in [6, 6.07) is 9.86. The molecule has 0 fully saturated rings. The van der Waals surface area contributed by atoms with Crippen molar-refractivity contribution in [1.82, 2.24) is 10.3 Å². The molecule has 2 rings (SSSR count). The summed E-state index contributed by atoms with van der Waals surface area (Å²) in [5.41, 5.74) is 7.40. The lowest BCUT2D eigenvalue weighted by Gasteiger charge is -2.07. The van der Waals surface area contributed by atoms with Gasteiger partial charge in [0.2, 0.25) is 0 Å². The SMILES string of the molecule is Cc1nc(-c2ccccc2)c(C(=O)NCCC(C)N)s1. The standard InChI is InChI=1S/C15H19N3OS/c1-10(16)8-9-17-15(19)14-13(18-11(2)20-14)12-6-4-3-5-7-12/h3-7,10H,8-9,16H2,1-2H3,(H,17,19). The molecule has 106 valence electrons. The normalized spacial score (nSPS) is 12.2. The predicted octanol–water partition coefficient (Wildman–Crippen LogP) is 2.59. The zero-order valence-corrected chi connectivity index (χ0v) is 12.5. The zero-order valence-electron chi connectivity index (χ0n) is 11.7. The van der Waals surface area contributed by atoms with Crippen LogP contribution in [0.2, 0.25) is 0 Å². The van der Waals surface area contributed by atoms with Gasteiger partial charge in [0.25, 0.3) is 5.91 Å². The van der Waals surface area contributed by atoms with Crippen LogP contribution in [0.5, 0.6) is 0 Å². The van der Waals surface area contributed by atoms with E-state index in [2.05, 4.69) is 10.3 Å². The van der Waals surface area contributed by atoms with Crippen molar-refractivity contribution in [1.29, 1.82) is 0 Å². The van der Waals surface area contributed by atoms with E-state index in [0.717, 1.165) is 22.7 Å². The highest BCUT2D eigenvalue weighted by Gasteiger charge is 2.17. The van der Waals surface area contributed by atoms with Gasteiger partial charge in [-0.3, -0.25) is 4.79 Å². The number of hydrogen-bond donors (Lipinski definition) is 2. The summed E-state index contributed by atoms with van der Waals surface area (Å²) in [7, 11) is 0. The molecule has 1 aromatic heterocycles. The minimum atomic E-state index is -0.0740. The lowest BCUT2D eigenvalue weighted by molar-refractivity contribution is 0.0957. The van der Waals surface area contributed by atoms with Crippen molar-refractivity contribution in [3.05, 3.63) is 40.2 Å². The third kappa shape index (κ3) is 3.65. The van der Waals surface area contributed by atoms with E-state index in [1.54, 1.807) is 0 Å². The van der Waals surface area contributed by atoms with Gasteiger partial charge in [-0.1, -0.05) is 30.3 Å². The first-order valence-corrected chi connectivity index (χ1v) is 7.46. The fourth-order valence-corrected chi connectivity index (χ4v) is 2.72. The number of aryl methyl sites for hydroxylation is 1. The predicted molar refractivity (Wildman–Crippen MR) is 82.9 cm³/mol.